The van der Waals surface area contributed by atoms with E-state index in [9.17, 15) is 9.59 Å². The monoisotopic (exact) mass is 368 g/mol. The summed E-state index contributed by atoms with van der Waals surface area (Å²) >= 11 is 0. The van der Waals surface area contributed by atoms with Gasteiger partial charge < -0.3 is 19.0 Å². The summed E-state index contributed by atoms with van der Waals surface area (Å²) in [6.45, 7) is 1.90. The molecule has 2 aromatic heterocycles. The van der Waals surface area contributed by atoms with Gasteiger partial charge in [0, 0.05) is 12.5 Å². The van der Waals surface area contributed by atoms with Crippen molar-refractivity contribution in [1.29, 1.82) is 0 Å². The molecule has 0 atom stereocenters. The van der Waals surface area contributed by atoms with E-state index >= 15 is 0 Å². The number of benzene rings is 1. The van der Waals surface area contributed by atoms with Gasteiger partial charge in [-0.2, -0.15) is 0 Å². The largest absolute Gasteiger partial charge is 0.497 e. The Labute approximate surface area is 155 Å². The van der Waals surface area contributed by atoms with E-state index in [2.05, 4.69) is 10.5 Å². The molecule has 0 fully saturated rings. The lowest BCUT2D eigenvalue weighted by Crippen LogP contribution is -2.29. The summed E-state index contributed by atoms with van der Waals surface area (Å²) in [7, 11) is 1.62. The smallest absolute Gasteiger partial charge is 0.349 e. The van der Waals surface area contributed by atoms with Gasteiger partial charge in [-0.15, -0.1) is 0 Å². The maximum Gasteiger partial charge on any atom is 0.349 e. The van der Waals surface area contributed by atoms with Crippen LogP contribution >= 0.6 is 0 Å². The minimum absolute atomic E-state index is 0.00620. The standard InChI is InChI=1S/C20H20N2O5/c1-13-11-17(8-5-14-3-6-16(25-2)7-4-14)27-20(24)18(13)19(23)21-12-15-9-10-26-22-15/h3-4,6-7,9-11H,5,8,12H2,1-2H3,(H,21,23). The lowest BCUT2D eigenvalue weighted by atomic mass is 10.1. The SMILES string of the molecule is COc1ccc(CCc2cc(C)c(C(=O)NCc3ccon3)c(=O)o2)cc1. The minimum atomic E-state index is -0.641. The van der Waals surface area contributed by atoms with Crippen molar-refractivity contribution in [3.05, 3.63) is 81.2 Å². The van der Waals surface area contributed by atoms with Crippen LogP contribution in [0.25, 0.3) is 0 Å². The van der Waals surface area contributed by atoms with Crippen molar-refractivity contribution in [2.75, 3.05) is 7.11 Å². The van der Waals surface area contributed by atoms with Crippen LogP contribution in [0.15, 0.2) is 56.4 Å². The zero-order chi connectivity index (χ0) is 19.2. The fraction of sp³-hybridized carbons (Fsp3) is 0.250. The molecule has 0 bridgehead atoms. The Kier molecular flexibility index (Phi) is 5.71. The van der Waals surface area contributed by atoms with Crippen molar-refractivity contribution in [3.8, 4) is 5.75 Å². The number of rotatable bonds is 7. The van der Waals surface area contributed by atoms with Crippen molar-refractivity contribution in [1.82, 2.24) is 10.5 Å². The molecule has 1 aromatic carbocycles. The van der Waals surface area contributed by atoms with Crippen molar-refractivity contribution in [3.63, 3.8) is 0 Å². The number of hydrogen-bond donors (Lipinski definition) is 1. The number of nitrogens with zero attached hydrogens (tertiary/aromatic N) is 1. The lowest BCUT2D eigenvalue weighted by molar-refractivity contribution is 0.0945. The first-order valence-corrected chi connectivity index (χ1v) is 8.51. The van der Waals surface area contributed by atoms with E-state index in [1.54, 1.807) is 26.2 Å². The second-order valence-electron chi connectivity index (χ2n) is 6.08. The van der Waals surface area contributed by atoms with Crippen LogP contribution in [0.4, 0.5) is 0 Å². The highest BCUT2D eigenvalue weighted by Gasteiger charge is 2.17. The molecule has 0 radical (unpaired) electrons. The van der Waals surface area contributed by atoms with E-state index in [0.717, 1.165) is 11.3 Å². The third-order valence-electron chi connectivity index (χ3n) is 4.17. The molecular formula is C20H20N2O5. The zero-order valence-corrected chi connectivity index (χ0v) is 15.2. The number of carbonyl (C=O) groups is 1. The first-order valence-electron chi connectivity index (χ1n) is 8.51. The number of hydrogen-bond acceptors (Lipinski definition) is 6. The average Bonchev–Trinajstić information content (AvgIpc) is 3.18. The summed E-state index contributed by atoms with van der Waals surface area (Å²) in [4.78, 5) is 24.6. The Morgan fingerprint density at radius 3 is 2.59 bits per heavy atom. The highest BCUT2D eigenvalue weighted by molar-refractivity contribution is 5.95. The molecule has 0 aliphatic heterocycles. The molecule has 2 heterocycles. The van der Waals surface area contributed by atoms with Crippen molar-refractivity contribution >= 4 is 5.91 Å². The Balaban J connectivity index is 1.66. The molecule has 140 valence electrons. The molecule has 0 aliphatic carbocycles. The third kappa shape index (κ3) is 4.63. The van der Waals surface area contributed by atoms with E-state index in [-0.39, 0.29) is 12.1 Å². The number of methoxy groups -OCH3 is 1. The van der Waals surface area contributed by atoms with E-state index in [4.69, 9.17) is 13.7 Å². The average molecular weight is 368 g/mol. The second kappa shape index (κ2) is 8.35. The van der Waals surface area contributed by atoms with Gasteiger partial charge in [0.1, 0.15) is 29.0 Å². The lowest BCUT2D eigenvalue weighted by Gasteiger charge is -2.08. The van der Waals surface area contributed by atoms with Gasteiger partial charge in [-0.1, -0.05) is 17.3 Å². The Morgan fingerprint density at radius 2 is 1.96 bits per heavy atom. The first-order chi connectivity index (χ1) is 13.1. The number of aryl methyl sites for hydroxylation is 3. The molecular weight excluding hydrogens is 348 g/mol. The summed E-state index contributed by atoms with van der Waals surface area (Å²) in [6, 6.07) is 11.1. The minimum Gasteiger partial charge on any atom is -0.497 e. The number of amides is 1. The fourth-order valence-electron chi connectivity index (χ4n) is 2.72. The number of ether oxygens (including phenoxy) is 1. The van der Waals surface area contributed by atoms with Gasteiger partial charge in [-0.25, -0.2) is 4.79 Å². The van der Waals surface area contributed by atoms with Crippen molar-refractivity contribution in [2.45, 2.75) is 26.3 Å². The molecule has 0 saturated heterocycles. The van der Waals surface area contributed by atoms with E-state index in [1.165, 1.54) is 6.26 Å². The van der Waals surface area contributed by atoms with Crippen LogP contribution in [0, 0.1) is 6.92 Å². The molecule has 0 saturated carbocycles. The molecule has 7 nitrogen and oxygen atoms in total. The number of carbonyl (C=O) groups excluding carboxylic acids is 1. The van der Waals surface area contributed by atoms with E-state index in [1.807, 2.05) is 24.3 Å². The predicted molar refractivity (Wildman–Crippen MR) is 97.8 cm³/mol. The second-order valence-corrected chi connectivity index (χ2v) is 6.08. The van der Waals surface area contributed by atoms with Crippen LogP contribution in [0.1, 0.15) is 32.9 Å². The van der Waals surface area contributed by atoms with E-state index < -0.39 is 11.5 Å². The molecule has 1 amide bonds. The fourth-order valence-corrected chi connectivity index (χ4v) is 2.72. The molecule has 1 N–H and O–H groups in total. The van der Waals surface area contributed by atoms with Gasteiger partial charge in [0.05, 0.1) is 13.7 Å². The Hall–Kier alpha value is -3.35. The molecule has 3 aromatic rings. The molecule has 0 unspecified atom stereocenters. The normalized spacial score (nSPS) is 10.6. The molecule has 27 heavy (non-hydrogen) atoms. The van der Waals surface area contributed by atoms with Crippen LogP contribution in [0.5, 0.6) is 5.75 Å². The van der Waals surface area contributed by atoms with Gasteiger partial charge in [0.2, 0.25) is 0 Å². The third-order valence-corrected chi connectivity index (χ3v) is 4.17. The van der Waals surface area contributed by atoms with Crippen LogP contribution in [-0.4, -0.2) is 18.2 Å². The highest BCUT2D eigenvalue weighted by atomic mass is 16.5. The maximum absolute atomic E-state index is 12.3. The summed E-state index contributed by atoms with van der Waals surface area (Å²) < 4.78 is 15.2. The summed E-state index contributed by atoms with van der Waals surface area (Å²) in [5.41, 5.74) is 1.62. The van der Waals surface area contributed by atoms with Crippen LogP contribution in [0.2, 0.25) is 0 Å². The van der Waals surface area contributed by atoms with Crippen LogP contribution < -0.4 is 15.7 Å². The number of aromatic nitrogens is 1. The van der Waals surface area contributed by atoms with Gasteiger partial charge in [-0.05, 0) is 42.7 Å². The summed E-state index contributed by atoms with van der Waals surface area (Å²) in [6.07, 6.45) is 2.69. The predicted octanol–water partition coefficient (Wildman–Crippen LogP) is 2.66. The maximum atomic E-state index is 12.3. The zero-order valence-electron chi connectivity index (χ0n) is 15.2. The van der Waals surface area contributed by atoms with Crippen molar-refractivity contribution in [2.24, 2.45) is 0 Å². The summed E-state index contributed by atoms with van der Waals surface area (Å²) in [5.74, 6) is 0.842. The Bertz CT molecular complexity index is 959. The van der Waals surface area contributed by atoms with Crippen LogP contribution in [0.3, 0.4) is 0 Å². The first kappa shape index (κ1) is 18.4. The molecule has 0 aliphatic rings. The van der Waals surface area contributed by atoms with Gasteiger partial charge in [-0.3, -0.25) is 4.79 Å². The number of nitrogens with one attached hydrogen (secondary N) is 1. The quantitative estimate of drug-likeness (QED) is 0.689. The van der Waals surface area contributed by atoms with Crippen molar-refractivity contribution < 1.29 is 18.5 Å². The van der Waals surface area contributed by atoms with Gasteiger partial charge >= 0.3 is 5.63 Å². The summed E-state index contributed by atoms with van der Waals surface area (Å²) in [5, 5.41) is 6.34. The van der Waals surface area contributed by atoms with E-state index in [0.29, 0.717) is 29.9 Å². The molecule has 7 heteroatoms. The van der Waals surface area contributed by atoms with Crippen LogP contribution in [-0.2, 0) is 19.4 Å². The Morgan fingerprint density at radius 1 is 1.19 bits per heavy atom. The topological polar surface area (TPSA) is 94.6 Å². The molecule has 0 spiro atoms. The van der Waals surface area contributed by atoms with Gasteiger partial charge in [0.25, 0.3) is 5.91 Å². The van der Waals surface area contributed by atoms with Gasteiger partial charge in [0.15, 0.2) is 0 Å². The highest BCUT2D eigenvalue weighted by Crippen LogP contribution is 2.14. The molecule has 3 rings (SSSR count).